The summed E-state index contributed by atoms with van der Waals surface area (Å²) in [5.74, 6) is -0.171. The van der Waals surface area contributed by atoms with E-state index in [0.29, 0.717) is 19.3 Å². The molecule has 0 spiro atoms. The molecule has 0 heterocycles. The molecule has 0 aliphatic heterocycles. The van der Waals surface area contributed by atoms with E-state index in [-0.39, 0.29) is 18.5 Å². The maximum atomic E-state index is 12.1. The summed E-state index contributed by atoms with van der Waals surface area (Å²) in [6.45, 7) is 6.77. The number of carboxylic acid groups (broad SMARTS) is 1. The van der Waals surface area contributed by atoms with Gasteiger partial charge in [-0.2, -0.15) is 0 Å². The Bertz CT molecular complexity index is 379. The number of ether oxygens (including phenoxy) is 1. The Morgan fingerprint density at radius 1 is 0.714 bits per heavy atom. The van der Waals surface area contributed by atoms with Gasteiger partial charge >= 0.3 is 11.9 Å². The molecule has 166 valence electrons. The molecule has 1 atom stereocenters. The summed E-state index contributed by atoms with van der Waals surface area (Å²) in [5, 5.41) is 8.67. The minimum atomic E-state index is -0.799. The number of aliphatic carboxylic acids is 1. The Morgan fingerprint density at radius 2 is 1.21 bits per heavy atom. The third-order valence-corrected chi connectivity index (χ3v) is 5.26. The molecule has 0 aliphatic rings. The number of hydrogen-bond donors (Lipinski definition) is 1. The zero-order valence-electron chi connectivity index (χ0n) is 18.8. The molecule has 0 aromatic carbocycles. The molecule has 0 saturated carbocycles. The number of esters is 1. The topological polar surface area (TPSA) is 63.6 Å². The van der Waals surface area contributed by atoms with Gasteiger partial charge in [-0.15, -0.1) is 0 Å². The van der Waals surface area contributed by atoms with Crippen molar-refractivity contribution in [3.63, 3.8) is 0 Å². The van der Waals surface area contributed by atoms with Gasteiger partial charge in [0.15, 0.2) is 0 Å². The van der Waals surface area contributed by atoms with Gasteiger partial charge in [0.25, 0.3) is 0 Å². The third kappa shape index (κ3) is 19.7. The van der Waals surface area contributed by atoms with E-state index in [1.807, 2.05) is 0 Å². The van der Waals surface area contributed by atoms with E-state index in [4.69, 9.17) is 9.84 Å². The Labute approximate surface area is 173 Å². The Morgan fingerprint density at radius 3 is 1.75 bits per heavy atom. The van der Waals surface area contributed by atoms with Crippen LogP contribution in [0.15, 0.2) is 0 Å². The molecule has 0 aromatic heterocycles. The SMILES string of the molecule is CCCCCCCCC(CCCCCCC(C)C)OC(=O)CCCCC(=O)O. The van der Waals surface area contributed by atoms with Crippen molar-refractivity contribution in [3.8, 4) is 0 Å². The third-order valence-electron chi connectivity index (χ3n) is 5.26. The van der Waals surface area contributed by atoms with Gasteiger partial charge in [-0.25, -0.2) is 0 Å². The van der Waals surface area contributed by atoms with E-state index in [2.05, 4.69) is 20.8 Å². The lowest BCUT2D eigenvalue weighted by molar-refractivity contribution is -0.150. The van der Waals surface area contributed by atoms with Crippen molar-refractivity contribution in [1.29, 1.82) is 0 Å². The number of carbonyl (C=O) groups excluding carboxylic acids is 1. The van der Waals surface area contributed by atoms with Crippen molar-refractivity contribution in [2.75, 3.05) is 0 Å². The van der Waals surface area contributed by atoms with Crippen molar-refractivity contribution in [1.82, 2.24) is 0 Å². The molecule has 0 fully saturated rings. The standard InChI is InChI=1S/C24H46O4/c1-4-5-6-7-8-12-17-22(18-13-10-9-11-16-21(2)3)28-24(27)20-15-14-19-23(25)26/h21-22H,4-20H2,1-3H3,(H,25,26). The normalized spacial score (nSPS) is 12.3. The van der Waals surface area contributed by atoms with Gasteiger partial charge in [0.1, 0.15) is 6.10 Å². The summed E-state index contributed by atoms with van der Waals surface area (Å²) in [4.78, 5) is 22.7. The summed E-state index contributed by atoms with van der Waals surface area (Å²) < 4.78 is 5.74. The van der Waals surface area contributed by atoms with Crippen molar-refractivity contribution in [2.24, 2.45) is 5.92 Å². The summed E-state index contributed by atoms with van der Waals surface area (Å²) >= 11 is 0. The predicted molar refractivity (Wildman–Crippen MR) is 117 cm³/mol. The van der Waals surface area contributed by atoms with Gasteiger partial charge < -0.3 is 9.84 Å². The molecule has 1 N–H and O–H groups in total. The first-order chi connectivity index (χ1) is 13.5. The highest BCUT2D eigenvalue weighted by Gasteiger charge is 2.14. The average Bonchev–Trinajstić information content (AvgIpc) is 2.63. The molecule has 4 nitrogen and oxygen atoms in total. The fourth-order valence-electron chi connectivity index (χ4n) is 3.48. The molecular weight excluding hydrogens is 352 g/mol. The van der Waals surface area contributed by atoms with Crippen molar-refractivity contribution >= 4 is 11.9 Å². The smallest absolute Gasteiger partial charge is 0.306 e. The van der Waals surface area contributed by atoms with Gasteiger partial charge in [-0.1, -0.05) is 78.6 Å². The van der Waals surface area contributed by atoms with Gasteiger partial charge in [-0.3, -0.25) is 9.59 Å². The van der Waals surface area contributed by atoms with E-state index < -0.39 is 5.97 Å². The molecule has 0 aromatic rings. The summed E-state index contributed by atoms with van der Waals surface area (Å²) in [5.41, 5.74) is 0. The van der Waals surface area contributed by atoms with E-state index in [1.54, 1.807) is 0 Å². The van der Waals surface area contributed by atoms with Crippen LogP contribution in [0.5, 0.6) is 0 Å². The van der Waals surface area contributed by atoms with Crippen LogP contribution in [0.4, 0.5) is 0 Å². The minimum absolute atomic E-state index is 0.0447. The maximum Gasteiger partial charge on any atom is 0.306 e. The summed E-state index contributed by atoms with van der Waals surface area (Å²) in [6, 6.07) is 0. The Hall–Kier alpha value is -1.06. The molecule has 1 unspecified atom stereocenters. The minimum Gasteiger partial charge on any atom is -0.481 e. The number of hydrogen-bond acceptors (Lipinski definition) is 3. The van der Waals surface area contributed by atoms with Crippen LogP contribution in [-0.4, -0.2) is 23.1 Å². The van der Waals surface area contributed by atoms with Crippen LogP contribution >= 0.6 is 0 Å². The molecule has 0 radical (unpaired) electrons. The van der Waals surface area contributed by atoms with Crippen molar-refractivity contribution in [3.05, 3.63) is 0 Å². The Balaban J connectivity index is 4.08. The number of unbranched alkanes of at least 4 members (excludes halogenated alkanes) is 9. The van der Waals surface area contributed by atoms with E-state index in [0.717, 1.165) is 31.6 Å². The first-order valence-corrected chi connectivity index (χ1v) is 11.9. The van der Waals surface area contributed by atoms with Crippen LogP contribution in [0.2, 0.25) is 0 Å². The molecule has 4 heteroatoms. The molecule has 0 rings (SSSR count). The van der Waals surface area contributed by atoms with E-state index in [1.165, 1.54) is 57.8 Å². The highest BCUT2D eigenvalue weighted by molar-refractivity contribution is 5.70. The number of carboxylic acids is 1. The molecule has 0 bridgehead atoms. The highest BCUT2D eigenvalue weighted by Crippen LogP contribution is 2.18. The predicted octanol–water partition coefficient (Wildman–Crippen LogP) is 7.29. The first kappa shape index (κ1) is 26.9. The van der Waals surface area contributed by atoms with Gasteiger partial charge in [-0.05, 0) is 44.4 Å². The molecule has 28 heavy (non-hydrogen) atoms. The monoisotopic (exact) mass is 398 g/mol. The largest absolute Gasteiger partial charge is 0.481 e. The molecule has 0 saturated heterocycles. The average molecular weight is 399 g/mol. The Kier molecular flexibility index (Phi) is 18.5. The second kappa shape index (κ2) is 19.3. The molecule has 0 amide bonds. The van der Waals surface area contributed by atoms with Crippen LogP contribution in [0.25, 0.3) is 0 Å². The molecule has 0 aliphatic carbocycles. The maximum absolute atomic E-state index is 12.1. The lowest BCUT2D eigenvalue weighted by Crippen LogP contribution is -2.18. The van der Waals surface area contributed by atoms with Crippen LogP contribution in [0, 0.1) is 5.92 Å². The lowest BCUT2D eigenvalue weighted by Gasteiger charge is -2.18. The van der Waals surface area contributed by atoms with E-state index in [9.17, 15) is 9.59 Å². The van der Waals surface area contributed by atoms with Crippen LogP contribution < -0.4 is 0 Å². The molecular formula is C24H46O4. The van der Waals surface area contributed by atoms with Gasteiger partial charge in [0.2, 0.25) is 0 Å². The van der Waals surface area contributed by atoms with Gasteiger partial charge in [0, 0.05) is 12.8 Å². The van der Waals surface area contributed by atoms with Crippen LogP contribution in [-0.2, 0) is 14.3 Å². The fraction of sp³-hybridized carbons (Fsp3) is 0.917. The lowest BCUT2D eigenvalue weighted by atomic mass is 10.0. The quantitative estimate of drug-likeness (QED) is 0.173. The zero-order chi connectivity index (χ0) is 21.0. The number of rotatable bonds is 20. The summed E-state index contributed by atoms with van der Waals surface area (Å²) in [7, 11) is 0. The van der Waals surface area contributed by atoms with Gasteiger partial charge in [0.05, 0.1) is 0 Å². The van der Waals surface area contributed by atoms with Crippen molar-refractivity contribution < 1.29 is 19.4 Å². The number of carbonyl (C=O) groups is 2. The second-order valence-corrected chi connectivity index (χ2v) is 8.65. The zero-order valence-corrected chi connectivity index (χ0v) is 18.8. The van der Waals surface area contributed by atoms with Crippen LogP contribution in [0.1, 0.15) is 130 Å². The van der Waals surface area contributed by atoms with E-state index >= 15 is 0 Å². The fourth-order valence-corrected chi connectivity index (χ4v) is 3.48. The second-order valence-electron chi connectivity index (χ2n) is 8.65. The van der Waals surface area contributed by atoms with Crippen LogP contribution in [0.3, 0.4) is 0 Å². The van der Waals surface area contributed by atoms with Crippen molar-refractivity contribution in [2.45, 2.75) is 136 Å². The highest BCUT2D eigenvalue weighted by atomic mass is 16.5. The first-order valence-electron chi connectivity index (χ1n) is 11.9. The summed E-state index contributed by atoms with van der Waals surface area (Å²) in [6.07, 6.45) is 17.3.